The van der Waals surface area contributed by atoms with Crippen molar-refractivity contribution in [3.05, 3.63) is 11.6 Å². The third-order valence-corrected chi connectivity index (χ3v) is 1.92. The third-order valence-electron chi connectivity index (χ3n) is 1.53. The van der Waals surface area contributed by atoms with Crippen molar-refractivity contribution in [3.63, 3.8) is 0 Å². The van der Waals surface area contributed by atoms with Gasteiger partial charge in [0, 0.05) is 5.57 Å². The summed E-state index contributed by atoms with van der Waals surface area (Å²) < 4.78 is 4.10. The molecule has 0 saturated carbocycles. The Morgan fingerprint density at radius 1 is 1.43 bits per heavy atom. The van der Waals surface area contributed by atoms with Crippen molar-refractivity contribution >= 4 is 27.7 Å². The summed E-state index contributed by atoms with van der Waals surface area (Å²) in [6, 6.07) is 0. The summed E-state index contributed by atoms with van der Waals surface area (Å²) in [5.41, 5.74) is 0.323. The molecule has 14 heavy (non-hydrogen) atoms. The number of rotatable bonds is 4. The lowest BCUT2D eigenvalue weighted by Gasteiger charge is -2.11. The predicted molar refractivity (Wildman–Crippen MR) is 58.4 cm³/mol. The summed E-state index contributed by atoms with van der Waals surface area (Å²) in [7, 11) is 0. The van der Waals surface area contributed by atoms with Crippen LogP contribution >= 0.6 is 15.9 Å². The average molecular weight is 263 g/mol. The maximum Gasteiger partial charge on any atom is 0.333 e. The lowest BCUT2D eigenvalue weighted by atomic mass is 10.1. The van der Waals surface area contributed by atoms with Crippen LogP contribution in [-0.4, -0.2) is 22.7 Å². The Balaban J connectivity index is 4.53. The van der Waals surface area contributed by atoms with Gasteiger partial charge in [0.1, 0.15) is 0 Å². The Morgan fingerprint density at radius 2 is 1.93 bits per heavy atom. The molecule has 0 aliphatic carbocycles. The van der Waals surface area contributed by atoms with E-state index in [9.17, 15) is 9.59 Å². The Labute approximate surface area is 92.6 Å². The summed E-state index contributed by atoms with van der Waals surface area (Å²) >= 11 is 3.21. The second-order valence-electron chi connectivity index (χ2n) is 3.38. The van der Waals surface area contributed by atoms with Gasteiger partial charge >= 0.3 is 5.97 Å². The molecule has 0 spiro atoms. The zero-order valence-electron chi connectivity index (χ0n) is 8.89. The summed E-state index contributed by atoms with van der Waals surface area (Å²) in [4.78, 5) is 22.6. The molecule has 80 valence electrons. The molecule has 0 unspecified atom stereocenters. The SMILES string of the molecule is CCOC(=O)C(C)=CC(=O)C(C)(C)Br. The Bertz CT molecular complexity index is 261. The van der Waals surface area contributed by atoms with Crippen molar-refractivity contribution in [1.29, 1.82) is 0 Å². The molecule has 0 rings (SSSR count). The number of carbonyl (C=O) groups excluding carboxylic acids is 2. The molecule has 0 aliphatic rings. The van der Waals surface area contributed by atoms with Crippen molar-refractivity contribution < 1.29 is 14.3 Å². The van der Waals surface area contributed by atoms with E-state index in [1.165, 1.54) is 6.08 Å². The maximum atomic E-state index is 11.5. The van der Waals surface area contributed by atoms with Crippen LogP contribution in [0.25, 0.3) is 0 Å². The van der Waals surface area contributed by atoms with Gasteiger partial charge in [-0.1, -0.05) is 15.9 Å². The summed E-state index contributed by atoms with van der Waals surface area (Å²) in [6.45, 7) is 7.06. The van der Waals surface area contributed by atoms with E-state index in [0.717, 1.165) is 0 Å². The van der Waals surface area contributed by atoms with Gasteiger partial charge in [-0.05, 0) is 33.8 Å². The topological polar surface area (TPSA) is 43.4 Å². The van der Waals surface area contributed by atoms with Gasteiger partial charge in [-0.3, -0.25) is 4.79 Å². The fraction of sp³-hybridized carbons (Fsp3) is 0.600. The number of ketones is 1. The number of hydrogen-bond acceptors (Lipinski definition) is 3. The van der Waals surface area contributed by atoms with Crippen LogP contribution in [0.5, 0.6) is 0 Å². The minimum atomic E-state index is -0.638. The molecule has 0 amide bonds. The summed E-state index contributed by atoms with van der Waals surface area (Å²) in [5.74, 6) is -0.597. The molecule has 0 saturated heterocycles. The molecular weight excluding hydrogens is 248 g/mol. The fourth-order valence-corrected chi connectivity index (χ4v) is 0.787. The number of carbonyl (C=O) groups is 2. The highest BCUT2D eigenvalue weighted by atomic mass is 79.9. The van der Waals surface area contributed by atoms with Crippen LogP contribution in [0.1, 0.15) is 27.7 Å². The quantitative estimate of drug-likeness (QED) is 0.444. The summed E-state index contributed by atoms with van der Waals surface area (Å²) in [6.07, 6.45) is 1.30. The monoisotopic (exact) mass is 262 g/mol. The molecule has 0 heterocycles. The molecule has 0 aliphatic heterocycles. The van der Waals surface area contributed by atoms with Crippen molar-refractivity contribution in [2.75, 3.05) is 6.61 Å². The first-order valence-electron chi connectivity index (χ1n) is 4.37. The molecule has 0 aromatic rings. The molecule has 0 aromatic heterocycles. The van der Waals surface area contributed by atoms with Crippen molar-refractivity contribution in [2.45, 2.75) is 32.0 Å². The number of hydrogen-bond donors (Lipinski definition) is 0. The zero-order chi connectivity index (χ0) is 11.4. The van der Waals surface area contributed by atoms with Crippen LogP contribution in [0.2, 0.25) is 0 Å². The van der Waals surface area contributed by atoms with Crippen LogP contribution in [-0.2, 0) is 14.3 Å². The van der Waals surface area contributed by atoms with Crippen LogP contribution < -0.4 is 0 Å². The third kappa shape index (κ3) is 4.56. The second-order valence-corrected chi connectivity index (χ2v) is 5.37. The van der Waals surface area contributed by atoms with Gasteiger partial charge in [0.05, 0.1) is 10.9 Å². The van der Waals surface area contributed by atoms with Crippen LogP contribution in [0, 0.1) is 0 Å². The van der Waals surface area contributed by atoms with E-state index in [-0.39, 0.29) is 5.78 Å². The highest BCUT2D eigenvalue weighted by Crippen LogP contribution is 2.18. The van der Waals surface area contributed by atoms with Gasteiger partial charge in [0.2, 0.25) is 0 Å². The molecule has 0 fully saturated rings. The first kappa shape index (κ1) is 13.4. The first-order valence-corrected chi connectivity index (χ1v) is 5.17. The van der Waals surface area contributed by atoms with Gasteiger partial charge in [-0.25, -0.2) is 4.79 Å². The maximum absolute atomic E-state index is 11.5. The van der Waals surface area contributed by atoms with E-state index in [4.69, 9.17) is 4.74 Å². The molecule has 0 aromatic carbocycles. The van der Waals surface area contributed by atoms with E-state index in [2.05, 4.69) is 15.9 Å². The smallest absolute Gasteiger partial charge is 0.333 e. The molecule has 3 nitrogen and oxygen atoms in total. The van der Waals surface area contributed by atoms with E-state index >= 15 is 0 Å². The van der Waals surface area contributed by atoms with Crippen molar-refractivity contribution in [1.82, 2.24) is 0 Å². The molecule has 0 atom stereocenters. The predicted octanol–water partition coefficient (Wildman–Crippen LogP) is 2.24. The van der Waals surface area contributed by atoms with Crippen LogP contribution in [0.3, 0.4) is 0 Å². The largest absolute Gasteiger partial charge is 0.463 e. The Hall–Kier alpha value is -0.640. The van der Waals surface area contributed by atoms with Crippen molar-refractivity contribution in [2.24, 2.45) is 0 Å². The molecule has 4 heteroatoms. The highest BCUT2D eigenvalue weighted by molar-refractivity contribution is 9.10. The molecule has 0 bridgehead atoms. The lowest BCUT2D eigenvalue weighted by Crippen LogP contribution is -2.22. The minimum absolute atomic E-state index is 0.150. The Morgan fingerprint density at radius 3 is 2.29 bits per heavy atom. The van der Waals surface area contributed by atoms with E-state index in [1.807, 2.05) is 0 Å². The number of alkyl halides is 1. The molecule has 0 radical (unpaired) electrons. The van der Waals surface area contributed by atoms with E-state index in [0.29, 0.717) is 12.2 Å². The first-order chi connectivity index (χ1) is 6.29. The highest BCUT2D eigenvalue weighted by Gasteiger charge is 2.22. The van der Waals surface area contributed by atoms with Gasteiger partial charge in [0.15, 0.2) is 5.78 Å². The number of ether oxygens (including phenoxy) is 1. The summed E-state index contributed by atoms with van der Waals surface area (Å²) in [5, 5.41) is 0. The van der Waals surface area contributed by atoms with Gasteiger partial charge < -0.3 is 4.74 Å². The number of esters is 1. The Kier molecular flexibility index (Phi) is 5.05. The zero-order valence-corrected chi connectivity index (χ0v) is 10.5. The number of halogens is 1. The minimum Gasteiger partial charge on any atom is -0.463 e. The molecule has 0 N–H and O–H groups in total. The van der Waals surface area contributed by atoms with Gasteiger partial charge in [-0.15, -0.1) is 0 Å². The lowest BCUT2D eigenvalue weighted by molar-refractivity contribution is -0.138. The average Bonchev–Trinajstić information content (AvgIpc) is 2.02. The normalized spacial score (nSPS) is 12.5. The second kappa shape index (κ2) is 5.29. The molecular formula is C10H15BrO3. The number of allylic oxidation sites excluding steroid dienone is 1. The van der Waals surface area contributed by atoms with Gasteiger partial charge in [-0.2, -0.15) is 0 Å². The van der Waals surface area contributed by atoms with E-state index in [1.54, 1.807) is 27.7 Å². The van der Waals surface area contributed by atoms with Gasteiger partial charge in [0.25, 0.3) is 0 Å². The van der Waals surface area contributed by atoms with E-state index < -0.39 is 10.3 Å². The van der Waals surface area contributed by atoms with Crippen LogP contribution in [0.4, 0.5) is 0 Å². The van der Waals surface area contributed by atoms with Crippen molar-refractivity contribution in [3.8, 4) is 0 Å². The van der Waals surface area contributed by atoms with Crippen LogP contribution in [0.15, 0.2) is 11.6 Å². The fourth-order valence-electron chi connectivity index (χ4n) is 0.672. The standard InChI is InChI=1S/C10H15BrO3/c1-5-14-9(13)7(2)6-8(12)10(3,4)11/h6H,5H2,1-4H3.